The number of carbonyl (C=O) groups excluding carboxylic acids is 3. The number of rotatable bonds is 11. The van der Waals surface area contributed by atoms with Gasteiger partial charge in [-0.25, -0.2) is 0 Å². The SMILES string of the molecule is CCC(=O)[C@@H](CS)NC(=O)[C@@H](CS)CC(=O)[C@@H](CS)NC. The van der Waals surface area contributed by atoms with Gasteiger partial charge in [-0.15, -0.1) is 0 Å². The molecule has 5 nitrogen and oxygen atoms in total. The summed E-state index contributed by atoms with van der Waals surface area (Å²) in [6.07, 6.45) is 0.401. The van der Waals surface area contributed by atoms with Gasteiger partial charge >= 0.3 is 0 Å². The molecule has 0 aliphatic carbocycles. The Balaban J connectivity index is 4.68. The van der Waals surface area contributed by atoms with Crippen molar-refractivity contribution in [1.82, 2.24) is 10.6 Å². The van der Waals surface area contributed by atoms with Crippen LogP contribution < -0.4 is 10.6 Å². The number of likely N-dealkylation sites (N-methyl/N-ethyl adjacent to an activating group) is 1. The van der Waals surface area contributed by atoms with Gasteiger partial charge in [0, 0.05) is 30.1 Å². The fourth-order valence-corrected chi connectivity index (χ4v) is 2.72. The summed E-state index contributed by atoms with van der Waals surface area (Å²) >= 11 is 12.3. The molecule has 0 unspecified atom stereocenters. The normalized spacial score (nSPS) is 15.1. The molecule has 0 fully saturated rings. The van der Waals surface area contributed by atoms with Crippen molar-refractivity contribution >= 4 is 55.4 Å². The molecule has 0 heterocycles. The Morgan fingerprint density at radius 2 is 1.52 bits per heavy atom. The molecule has 21 heavy (non-hydrogen) atoms. The van der Waals surface area contributed by atoms with Crippen molar-refractivity contribution in [1.29, 1.82) is 0 Å². The second kappa shape index (κ2) is 11.4. The van der Waals surface area contributed by atoms with Crippen molar-refractivity contribution in [3.05, 3.63) is 0 Å². The zero-order valence-electron chi connectivity index (χ0n) is 12.3. The second-order valence-corrected chi connectivity index (χ2v) is 5.73. The molecule has 0 saturated carbocycles. The lowest BCUT2D eigenvalue weighted by Crippen LogP contribution is -2.46. The first-order chi connectivity index (χ1) is 9.94. The molecule has 0 saturated heterocycles. The average Bonchev–Trinajstić information content (AvgIpc) is 2.50. The minimum atomic E-state index is -0.617. The third-order valence-corrected chi connectivity index (χ3v) is 4.37. The Morgan fingerprint density at radius 3 is 1.90 bits per heavy atom. The van der Waals surface area contributed by atoms with Gasteiger partial charge in [-0.2, -0.15) is 37.9 Å². The maximum absolute atomic E-state index is 12.2. The predicted octanol–water partition coefficient (Wildman–Crippen LogP) is 0.403. The summed E-state index contributed by atoms with van der Waals surface area (Å²) in [6, 6.07) is -1.00. The molecule has 2 N–H and O–H groups in total. The molecule has 0 aromatic carbocycles. The van der Waals surface area contributed by atoms with Crippen LogP contribution in [0.3, 0.4) is 0 Å². The Morgan fingerprint density at radius 1 is 0.952 bits per heavy atom. The van der Waals surface area contributed by atoms with E-state index in [0.717, 1.165) is 0 Å². The molecule has 0 bridgehead atoms. The Hall–Kier alpha value is -0.180. The van der Waals surface area contributed by atoms with Crippen molar-refractivity contribution in [2.75, 3.05) is 24.3 Å². The number of amides is 1. The van der Waals surface area contributed by atoms with Gasteiger partial charge in [0.1, 0.15) is 0 Å². The van der Waals surface area contributed by atoms with Crippen LogP contribution in [-0.4, -0.2) is 53.9 Å². The highest BCUT2D eigenvalue weighted by Crippen LogP contribution is 2.10. The van der Waals surface area contributed by atoms with Crippen LogP contribution in [0.25, 0.3) is 0 Å². The lowest BCUT2D eigenvalue weighted by atomic mass is 9.99. The van der Waals surface area contributed by atoms with Crippen LogP contribution in [-0.2, 0) is 14.4 Å². The van der Waals surface area contributed by atoms with Crippen molar-refractivity contribution in [2.24, 2.45) is 5.92 Å². The van der Waals surface area contributed by atoms with E-state index in [1.807, 2.05) is 0 Å². The molecule has 0 aliphatic rings. The lowest BCUT2D eigenvalue weighted by molar-refractivity contribution is -0.131. The van der Waals surface area contributed by atoms with Crippen molar-refractivity contribution < 1.29 is 14.4 Å². The van der Waals surface area contributed by atoms with E-state index in [1.54, 1.807) is 14.0 Å². The molecular formula is C13H24N2O3S3. The number of hydrogen-bond donors (Lipinski definition) is 5. The minimum Gasteiger partial charge on any atom is -0.345 e. The van der Waals surface area contributed by atoms with Gasteiger partial charge < -0.3 is 10.6 Å². The lowest BCUT2D eigenvalue weighted by Gasteiger charge is -2.20. The van der Waals surface area contributed by atoms with E-state index in [0.29, 0.717) is 12.2 Å². The minimum absolute atomic E-state index is 0.0704. The number of Topliss-reactive ketones (excluding diaryl/α,β-unsaturated/α-hetero) is 2. The van der Waals surface area contributed by atoms with Gasteiger partial charge in [0.2, 0.25) is 5.91 Å². The molecule has 1 amide bonds. The third-order valence-electron chi connectivity index (χ3n) is 3.19. The van der Waals surface area contributed by atoms with E-state index in [-0.39, 0.29) is 41.4 Å². The Bertz CT molecular complexity index is 363. The van der Waals surface area contributed by atoms with Crippen LogP contribution in [0.4, 0.5) is 0 Å². The van der Waals surface area contributed by atoms with Crippen molar-refractivity contribution in [2.45, 2.75) is 31.8 Å². The van der Waals surface area contributed by atoms with E-state index in [2.05, 4.69) is 48.5 Å². The van der Waals surface area contributed by atoms with E-state index in [4.69, 9.17) is 0 Å². The fraction of sp³-hybridized carbons (Fsp3) is 0.769. The highest BCUT2D eigenvalue weighted by molar-refractivity contribution is 7.80. The number of thiol groups is 3. The topological polar surface area (TPSA) is 75.3 Å². The molecule has 8 heteroatoms. The molecule has 0 rings (SSSR count). The smallest absolute Gasteiger partial charge is 0.224 e. The molecule has 0 aliphatic heterocycles. The molecule has 3 atom stereocenters. The molecule has 0 spiro atoms. The van der Waals surface area contributed by atoms with E-state index in [9.17, 15) is 14.4 Å². The quantitative estimate of drug-likeness (QED) is 0.349. The van der Waals surface area contributed by atoms with Crippen molar-refractivity contribution in [3.8, 4) is 0 Å². The van der Waals surface area contributed by atoms with Crippen LogP contribution in [0.15, 0.2) is 0 Å². The van der Waals surface area contributed by atoms with Gasteiger partial charge in [0.25, 0.3) is 0 Å². The summed E-state index contributed by atoms with van der Waals surface area (Å²) in [5.74, 6) is -0.236. The van der Waals surface area contributed by atoms with Gasteiger partial charge in [0.05, 0.1) is 18.0 Å². The molecule has 0 radical (unpaired) electrons. The third kappa shape index (κ3) is 7.08. The number of ketones is 2. The largest absolute Gasteiger partial charge is 0.345 e. The number of nitrogens with one attached hydrogen (secondary N) is 2. The highest BCUT2D eigenvalue weighted by Gasteiger charge is 2.27. The van der Waals surface area contributed by atoms with E-state index in [1.165, 1.54) is 0 Å². The summed E-state index contributed by atoms with van der Waals surface area (Å²) in [5.41, 5.74) is 0. The van der Waals surface area contributed by atoms with Crippen LogP contribution >= 0.6 is 37.9 Å². The van der Waals surface area contributed by atoms with Crippen LogP contribution in [0, 0.1) is 5.92 Å². The maximum Gasteiger partial charge on any atom is 0.224 e. The van der Waals surface area contributed by atoms with Gasteiger partial charge in [0.15, 0.2) is 11.6 Å². The summed E-state index contributed by atoms with van der Waals surface area (Å²) < 4.78 is 0. The summed E-state index contributed by atoms with van der Waals surface area (Å²) in [6.45, 7) is 1.73. The fourth-order valence-electron chi connectivity index (χ4n) is 1.74. The van der Waals surface area contributed by atoms with Crippen LogP contribution in [0.2, 0.25) is 0 Å². The first-order valence-electron chi connectivity index (χ1n) is 6.80. The monoisotopic (exact) mass is 352 g/mol. The summed E-state index contributed by atoms with van der Waals surface area (Å²) in [4.78, 5) is 35.8. The molecule has 0 aromatic heterocycles. The number of hydrogen-bond acceptors (Lipinski definition) is 7. The van der Waals surface area contributed by atoms with Gasteiger partial charge in [-0.1, -0.05) is 6.92 Å². The molecular weight excluding hydrogens is 328 g/mol. The summed E-state index contributed by atoms with van der Waals surface area (Å²) in [5, 5.41) is 5.49. The molecule has 0 aromatic rings. The maximum atomic E-state index is 12.2. The standard InChI is InChI=1S/C13H24N2O3S3/c1-3-11(16)10(7-21)15-13(18)8(5-19)4-12(17)9(6-20)14-2/h8-10,14,19-21H,3-7H2,1-2H3,(H,15,18)/t8-,9-,10-/m1/s1. The predicted molar refractivity (Wildman–Crippen MR) is 94.7 cm³/mol. The highest BCUT2D eigenvalue weighted by atomic mass is 32.1. The van der Waals surface area contributed by atoms with Gasteiger partial charge in [-0.05, 0) is 7.05 Å². The molecule has 122 valence electrons. The Labute approximate surface area is 142 Å². The zero-order chi connectivity index (χ0) is 16.4. The van der Waals surface area contributed by atoms with E-state index >= 15 is 0 Å². The van der Waals surface area contributed by atoms with E-state index < -0.39 is 12.0 Å². The summed E-state index contributed by atoms with van der Waals surface area (Å²) in [7, 11) is 1.67. The average molecular weight is 353 g/mol. The number of carbonyl (C=O) groups is 3. The first-order valence-corrected chi connectivity index (χ1v) is 8.70. The zero-order valence-corrected chi connectivity index (χ0v) is 15.0. The van der Waals surface area contributed by atoms with Crippen LogP contribution in [0.1, 0.15) is 19.8 Å². The second-order valence-electron chi connectivity index (χ2n) is 4.64. The Kier molecular flexibility index (Phi) is 11.3. The van der Waals surface area contributed by atoms with Gasteiger partial charge in [-0.3, -0.25) is 14.4 Å². The first kappa shape index (κ1) is 20.8. The van der Waals surface area contributed by atoms with Crippen molar-refractivity contribution in [3.63, 3.8) is 0 Å². The van der Waals surface area contributed by atoms with Crippen LogP contribution in [0.5, 0.6) is 0 Å².